The monoisotopic (exact) mass is 464 g/mol. The third-order valence-corrected chi connectivity index (χ3v) is 3.28. The number of hydrogen-bond donors (Lipinski definition) is 2. The van der Waals surface area contributed by atoms with Gasteiger partial charge in [0.05, 0.1) is 7.11 Å². The number of terminal acetylenes is 2. The molecule has 4 nitrogen and oxygen atoms in total. The Balaban J connectivity index is -0.000000115. The molecule has 0 unspecified atom stereocenters. The molecule has 0 aliphatic rings. The van der Waals surface area contributed by atoms with Crippen LogP contribution in [0.15, 0.2) is 42.5 Å². The van der Waals surface area contributed by atoms with Crippen molar-refractivity contribution in [1.29, 1.82) is 0 Å². The van der Waals surface area contributed by atoms with Crippen molar-refractivity contribution in [3.05, 3.63) is 59.4 Å². The van der Waals surface area contributed by atoms with E-state index in [-0.39, 0.29) is 18.7 Å². The minimum absolute atomic E-state index is 0. The highest BCUT2D eigenvalue weighted by Crippen LogP contribution is 2.23. The lowest BCUT2D eigenvalue weighted by Gasteiger charge is -2.06. The lowest BCUT2D eigenvalue weighted by molar-refractivity contribution is -0.397. The molecule has 0 saturated heterocycles. The fraction of sp³-hybridized carbons (Fsp3) is 0.0714. The summed E-state index contributed by atoms with van der Waals surface area (Å²) in [4.78, 5) is 0. The van der Waals surface area contributed by atoms with Crippen LogP contribution in [-0.2, 0) is 11.5 Å². The molecule has 176 valence electrons. The van der Waals surface area contributed by atoms with E-state index in [9.17, 15) is 14.0 Å². The predicted octanol–water partition coefficient (Wildman–Crippen LogP) is 4.99. The highest BCUT2D eigenvalue weighted by Gasteiger charge is 2.05. The van der Waals surface area contributed by atoms with Crippen molar-refractivity contribution in [3.63, 3.8) is 0 Å². The Labute approximate surface area is 205 Å². The number of benzene rings is 2. The average Bonchev–Trinajstić information content (AvgIpc) is 2.84. The molecule has 0 bridgehead atoms. The second-order valence-electron chi connectivity index (χ2n) is 5.41. The summed E-state index contributed by atoms with van der Waals surface area (Å²) in [5.41, 5.74) is 1.53. The Morgan fingerprint density at radius 2 is 1.35 bits per heavy atom. The van der Waals surface area contributed by atoms with Crippen molar-refractivity contribution in [2.24, 2.45) is 0 Å². The normalized spacial score (nSPS) is 7.12. The Bertz CT molecular complexity index is 1310. The van der Waals surface area contributed by atoms with Crippen molar-refractivity contribution in [1.82, 2.24) is 0 Å². The molecule has 0 saturated carbocycles. The van der Waals surface area contributed by atoms with Crippen LogP contribution in [0.25, 0.3) is 0 Å². The number of methoxy groups -OCH3 is 1. The zero-order chi connectivity index (χ0) is 25.4. The van der Waals surface area contributed by atoms with Gasteiger partial charge < -0.3 is 9.84 Å². The molecule has 2 aromatic rings. The summed E-state index contributed by atoms with van der Waals surface area (Å²) in [6.07, 6.45) is 10.2. The first kappa shape index (κ1) is 28.7. The third-order valence-electron chi connectivity index (χ3n) is 3.28. The van der Waals surface area contributed by atoms with Gasteiger partial charge in [-0.1, -0.05) is 12.1 Å². The van der Waals surface area contributed by atoms with E-state index < -0.39 is 0 Å². The van der Waals surface area contributed by atoms with Gasteiger partial charge >= 0.3 is 0 Å². The topological polar surface area (TPSA) is 58.9 Å². The average molecular weight is 465 g/mol. The molecule has 0 spiro atoms. The summed E-state index contributed by atoms with van der Waals surface area (Å²) in [6.45, 7) is 0. The van der Waals surface area contributed by atoms with Crippen LogP contribution in [0.3, 0.4) is 0 Å². The van der Waals surface area contributed by atoms with Crippen LogP contribution in [0.5, 0.6) is 11.5 Å². The fourth-order valence-electron chi connectivity index (χ4n) is 2.02. The standard InChI is InChI=1S/C14H13FO2.C14H2.FHO2.5H2/c1-17-13-4-2-3-10(8-13)7-11-9-12(15)5-6-14(11)16;1-3-5-7-9-11-13-14-12-10-8-6-4-2;1-3-2;;;;;/h2-6,8-9,16H,7H2,1H3;1-2H;2H;5*1H. The van der Waals surface area contributed by atoms with Gasteiger partial charge in [0, 0.05) is 19.1 Å². The van der Waals surface area contributed by atoms with E-state index in [1.54, 1.807) is 12.2 Å². The van der Waals surface area contributed by atoms with Crippen molar-refractivity contribution in [3.8, 4) is 95.4 Å². The first-order valence-electron chi connectivity index (χ1n) is 8.96. The van der Waals surface area contributed by atoms with Gasteiger partial charge in [-0.25, -0.2) is 9.65 Å². The van der Waals surface area contributed by atoms with Crippen LogP contribution in [-0.4, -0.2) is 17.5 Å². The maximum absolute atomic E-state index is 13.1. The molecule has 34 heavy (non-hydrogen) atoms. The Morgan fingerprint density at radius 1 is 0.853 bits per heavy atom. The molecule has 0 aliphatic carbocycles. The molecule has 0 radical (unpaired) electrons. The molecular weight excluding hydrogens is 438 g/mol. The van der Waals surface area contributed by atoms with Crippen LogP contribution < -0.4 is 4.74 Å². The number of aromatic hydroxyl groups is 1. The quantitative estimate of drug-likeness (QED) is 0.382. The van der Waals surface area contributed by atoms with Gasteiger partial charge in [-0.3, -0.25) is 0 Å². The number of ether oxygens (including phenoxy) is 1. The van der Waals surface area contributed by atoms with E-state index in [1.165, 1.54) is 18.2 Å². The maximum atomic E-state index is 13.1. The Morgan fingerprint density at radius 3 is 1.82 bits per heavy atom. The minimum atomic E-state index is -0.347. The fourth-order valence-corrected chi connectivity index (χ4v) is 2.02. The van der Waals surface area contributed by atoms with Gasteiger partial charge in [0.25, 0.3) is 0 Å². The SMILES string of the molecule is C#CC#CC#CC#CC#CC#CC#C.COc1cccc(Cc2cc(F)ccc2O)c1.OOF.[HH].[HH].[HH].[HH].[HH]. The molecule has 2 aromatic carbocycles. The summed E-state index contributed by atoms with van der Waals surface area (Å²) >= 11 is 0. The lowest BCUT2D eigenvalue weighted by Crippen LogP contribution is -1.91. The van der Waals surface area contributed by atoms with E-state index in [0.29, 0.717) is 12.0 Å². The van der Waals surface area contributed by atoms with Crippen molar-refractivity contribution in [2.45, 2.75) is 6.42 Å². The first-order valence-corrected chi connectivity index (χ1v) is 8.96. The van der Waals surface area contributed by atoms with Gasteiger partial charge in [-0.05, 0) is 117 Å². The molecule has 0 amide bonds. The van der Waals surface area contributed by atoms with Crippen LogP contribution in [0.2, 0.25) is 0 Å². The van der Waals surface area contributed by atoms with Gasteiger partial charge in [-0.2, -0.15) is 0 Å². The molecule has 2 rings (SSSR count). The highest BCUT2D eigenvalue weighted by atomic mass is 19.3. The lowest BCUT2D eigenvalue weighted by atomic mass is 10.0. The number of rotatable bonds is 3. The molecule has 0 aliphatic heterocycles. The van der Waals surface area contributed by atoms with Crippen LogP contribution >= 0.6 is 0 Å². The first-order chi connectivity index (χ1) is 16.5. The van der Waals surface area contributed by atoms with Crippen molar-refractivity contribution >= 4 is 0 Å². The molecule has 0 fully saturated rings. The van der Waals surface area contributed by atoms with Crippen molar-refractivity contribution in [2.75, 3.05) is 7.11 Å². The summed E-state index contributed by atoms with van der Waals surface area (Å²) < 4.78 is 27.5. The van der Waals surface area contributed by atoms with Gasteiger partial charge in [-0.15, -0.1) is 12.8 Å². The van der Waals surface area contributed by atoms with Gasteiger partial charge in [0.15, 0.2) is 0 Å². The zero-order valence-corrected chi connectivity index (χ0v) is 17.9. The molecule has 0 heterocycles. The summed E-state index contributed by atoms with van der Waals surface area (Å²) in [7, 11) is 1.60. The van der Waals surface area contributed by atoms with E-state index >= 15 is 0 Å². The van der Waals surface area contributed by atoms with E-state index in [1.807, 2.05) is 24.3 Å². The molecular formula is C28H26F2O4. The van der Waals surface area contributed by atoms with Gasteiger partial charge in [0.1, 0.15) is 17.3 Å². The molecule has 6 heteroatoms. The molecule has 0 atom stereocenters. The zero-order valence-electron chi connectivity index (χ0n) is 17.9. The smallest absolute Gasteiger partial charge is 0.123 e. The summed E-state index contributed by atoms with van der Waals surface area (Å²) in [5.74, 6) is 28.8. The number of halogens is 2. The van der Waals surface area contributed by atoms with E-state index in [4.69, 9.17) is 22.8 Å². The predicted molar refractivity (Wildman–Crippen MR) is 136 cm³/mol. The Kier molecular flexibility index (Phi) is 16.6. The maximum Gasteiger partial charge on any atom is 0.123 e. The van der Waals surface area contributed by atoms with Crippen LogP contribution in [0, 0.1) is 89.7 Å². The molecule has 0 aromatic heterocycles. The number of phenolic OH excluding ortho intramolecular Hbond substituents is 1. The second-order valence-corrected chi connectivity index (χ2v) is 5.41. The van der Waals surface area contributed by atoms with E-state index in [2.05, 4.69) is 71.0 Å². The summed E-state index contributed by atoms with van der Waals surface area (Å²) in [5, 5.41) is 17.8. The Hall–Kier alpha value is -5.26. The second kappa shape index (κ2) is 19.7. The highest BCUT2D eigenvalue weighted by molar-refractivity contribution is 5.44. The van der Waals surface area contributed by atoms with Gasteiger partial charge in [0.2, 0.25) is 0 Å². The van der Waals surface area contributed by atoms with Crippen molar-refractivity contribution < 1.29 is 36.2 Å². The third kappa shape index (κ3) is 14.7. The summed E-state index contributed by atoms with van der Waals surface area (Å²) in [6, 6.07) is 11.4. The minimum Gasteiger partial charge on any atom is -0.508 e. The van der Waals surface area contributed by atoms with Crippen LogP contribution in [0.4, 0.5) is 8.92 Å². The number of hydrogen-bond acceptors (Lipinski definition) is 4. The molecule has 2 N–H and O–H groups in total. The van der Waals surface area contributed by atoms with E-state index in [0.717, 1.165) is 11.3 Å². The number of phenols is 1. The largest absolute Gasteiger partial charge is 0.508 e. The van der Waals surface area contributed by atoms with Crippen LogP contribution in [0.1, 0.15) is 18.3 Å².